The van der Waals surface area contributed by atoms with Crippen molar-refractivity contribution in [2.45, 2.75) is 31.2 Å². The van der Waals surface area contributed by atoms with E-state index < -0.39 is 57.1 Å². The number of carbonyl (C=O) groups is 3. The second-order valence-corrected chi connectivity index (χ2v) is 9.16. The van der Waals surface area contributed by atoms with Gasteiger partial charge in [0.1, 0.15) is 16.8 Å². The molecule has 0 fully saturated rings. The van der Waals surface area contributed by atoms with E-state index in [1.807, 2.05) is 0 Å². The largest absolute Gasteiger partial charge is 0.454 e. The van der Waals surface area contributed by atoms with Crippen molar-refractivity contribution in [3.8, 4) is 0 Å². The van der Waals surface area contributed by atoms with Gasteiger partial charge in [0.25, 0.3) is 5.91 Å². The van der Waals surface area contributed by atoms with E-state index in [-0.39, 0.29) is 13.0 Å². The monoisotopic (exact) mass is 479 g/mol. The van der Waals surface area contributed by atoms with E-state index in [2.05, 4.69) is 4.72 Å². The van der Waals surface area contributed by atoms with Crippen LogP contribution in [0.1, 0.15) is 20.3 Å². The summed E-state index contributed by atoms with van der Waals surface area (Å²) in [6.45, 7) is 2.42. The van der Waals surface area contributed by atoms with Crippen LogP contribution in [0.5, 0.6) is 0 Å². The van der Waals surface area contributed by atoms with Gasteiger partial charge in [-0.25, -0.2) is 12.8 Å². The van der Waals surface area contributed by atoms with E-state index in [1.54, 1.807) is 44.2 Å². The van der Waals surface area contributed by atoms with E-state index in [0.717, 1.165) is 12.1 Å². The zero-order chi connectivity index (χ0) is 24.6. The molecule has 178 valence electrons. The normalized spacial score (nSPS) is 12.2. The predicted octanol–water partition coefficient (Wildman–Crippen LogP) is 1.58. The van der Waals surface area contributed by atoms with Crippen LogP contribution in [0.15, 0.2) is 59.5 Å². The van der Waals surface area contributed by atoms with Crippen LogP contribution in [0, 0.1) is 11.7 Å². The van der Waals surface area contributed by atoms with Crippen molar-refractivity contribution >= 4 is 33.5 Å². The van der Waals surface area contributed by atoms with Crippen LogP contribution in [0.2, 0.25) is 0 Å². The molecule has 0 aliphatic heterocycles. The number of hydrogen-bond acceptors (Lipinski definition) is 6. The Bertz CT molecular complexity index is 1090. The predicted molar refractivity (Wildman–Crippen MR) is 119 cm³/mol. The molecule has 33 heavy (non-hydrogen) atoms. The maximum Gasteiger partial charge on any atom is 0.324 e. The molecule has 0 aliphatic rings. The van der Waals surface area contributed by atoms with E-state index >= 15 is 0 Å². The number of ether oxygens (including phenoxy) is 1. The van der Waals surface area contributed by atoms with Crippen molar-refractivity contribution in [3.63, 3.8) is 0 Å². The van der Waals surface area contributed by atoms with E-state index in [9.17, 15) is 27.2 Å². The van der Waals surface area contributed by atoms with Crippen molar-refractivity contribution < 1.29 is 31.9 Å². The third kappa shape index (κ3) is 7.36. The lowest BCUT2D eigenvalue weighted by Crippen LogP contribution is -2.46. The molecule has 2 rings (SSSR count). The lowest BCUT2D eigenvalue weighted by molar-refractivity contribution is -0.150. The Hall–Kier alpha value is -3.31. The fourth-order valence-electron chi connectivity index (χ4n) is 2.88. The van der Waals surface area contributed by atoms with Gasteiger partial charge in [-0.3, -0.25) is 14.4 Å². The summed E-state index contributed by atoms with van der Waals surface area (Å²) in [5, 5.41) is 0. The second kappa shape index (κ2) is 11.5. The first-order valence-electron chi connectivity index (χ1n) is 10.1. The maximum atomic E-state index is 14.0. The van der Waals surface area contributed by atoms with Crippen LogP contribution in [0.3, 0.4) is 0 Å². The van der Waals surface area contributed by atoms with Gasteiger partial charge in [-0.2, -0.15) is 4.72 Å². The molecular weight excluding hydrogens is 453 g/mol. The summed E-state index contributed by atoms with van der Waals surface area (Å²) in [5.74, 6) is -3.77. The Morgan fingerprint density at radius 3 is 2.24 bits per heavy atom. The van der Waals surface area contributed by atoms with E-state index in [0.29, 0.717) is 5.69 Å². The standard InChI is InChI=1S/C22H26FN3O6S/c1-15(2)21(25-33(30,31)18-11-7-6-10-17(18)23)22(29)32-14-20(28)26(13-12-19(24)27)16-8-4-3-5-9-16/h3-11,15,21,25H,12-14H2,1-2H3,(H2,24,27)/t21-/m0/s1. The average Bonchev–Trinajstić information content (AvgIpc) is 2.76. The molecule has 0 saturated carbocycles. The van der Waals surface area contributed by atoms with Gasteiger partial charge in [-0.05, 0) is 30.2 Å². The van der Waals surface area contributed by atoms with Crippen LogP contribution in [-0.2, 0) is 29.1 Å². The second-order valence-electron chi connectivity index (χ2n) is 7.48. The Morgan fingerprint density at radius 1 is 1.06 bits per heavy atom. The third-order valence-corrected chi connectivity index (χ3v) is 6.09. The molecule has 0 aromatic heterocycles. The number of sulfonamides is 1. The molecule has 9 nitrogen and oxygen atoms in total. The maximum absolute atomic E-state index is 14.0. The Balaban J connectivity index is 2.12. The number of benzene rings is 2. The topological polar surface area (TPSA) is 136 Å². The fourth-order valence-corrected chi connectivity index (χ4v) is 4.29. The third-order valence-electron chi connectivity index (χ3n) is 4.62. The van der Waals surface area contributed by atoms with Gasteiger partial charge in [-0.15, -0.1) is 0 Å². The number of carbonyl (C=O) groups excluding carboxylic acids is 3. The summed E-state index contributed by atoms with van der Waals surface area (Å²) in [4.78, 5) is 37.1. The number of rotatable bonds is 11. The first-order chi connectivity index (χ1) is 15.5. The van der Waals surface area contributed by atoms with E-state index in [1.165, 1.54) is 17.0 Å². The summed E-state index contributed by atoms with van der Waals surface area (Å²) in [6.07, 6.45) is -0.106. The molecule has 0 saturated heterocycles. The van der Waals surface area contributed by atoms with Crippen molar-refractivity contribution in [1.29, 1.82) is 0 Å². The van der Waals surface area contributed by atoms with Gasteiger partial charge in [0, 0.05) is 18.7 Å². The summed E-state index contributed by atoms with van der Waals surface area (Å²) in [5.41, 5.74) is 5.65. The highest BCUT2D eigenvalue weighted by molar-refractivity contribution is 7.89. The van der Waals surface area contributed by atoms with Gasteiger partial charge in [0.15, 0.2) is 6.61 Å². The molecule has 2 amide bonds. The number of amides is 2. The smallest absolute Gasteiger partial charge is 0.324 e. The first kappa shape index (κ1) is 25.9. The first-order valence-corrected chi connectivity index (χ1v) is 11.6. The number of para-hydroxylation sites is 1. The van der Waals surface area contributed by atoms with Crippen molar-refractivity contribution in [3.05, 3.63) is 60.4 Å². The number of nitrogens with zero attached hydrogens (tertiary/aromatic N) is 1. The Kier molecular flexibility index (Phi) is 9.06. The summed E-state index contributed by atoms with van der Waals surface area (Å²) in [7, 11) is -4.37. The van der Waals surface area contributed by atoms with Crippen LogP contribution >= 0.6 is 0 Å². The Labute approximate surface area is 191 Å². The number of halogens is 1. The molecule has 2 aromatic carbocycles. The number of esters is 1. The summed E-state index contributed by atoms with van der Waals surface area (Å²) in [6, 6.07) is 11.8. The van der Waals surface area contributed by atoms with Gasteiger partial charge >= 0.3 is 5.97 Å². The highest BCUT2D eigenvalue weighted by atomic mass is 32.2. The molecule has 2 aromatic rings. The molecule has 11 heteroatoms. The molecule has 1 atom stereocenters. The lowest BCUT2D eigenvalue weighted by atomic mass is 10.1. The molecule has 0 heterocycles. The van der Waals surface area contributed by atoms with Crippen LogP contribution in [0.4, 0.5) is 10.1 Å². The van der Waals surface area contributed by atoms with Gasteiger partial charge in [0.2, 0.25) is 15.9 Å². The molecule has 0 aliphatic carbocycles. The fraction of sp³-hybridized carbons (Fsp3) is 0.318. The number of hydrogen-bond donors (Lipinski definition) is 2. The molecule has 0 radical (unpaired) electrons. The average molecular weight is 480 g/mol. The zero-order valence-corrected chi connectivity index (χ0v) is 19.0. The lowest BCUT2D eigenvalue weighted by Gasteiger charge is -2.24. The van der Waals surface area contributed by atoms with Crippen LogP contribution in [-0.4, -0.2) is 45.4 Å². The minimum absolute atomic E-state index is 0.0246. The van der Waals surface area contributed by atoms with Crippen LogP contribution in [0.25, 0.3) is 0 Å². The highest BCUT2D eigenvalue weighted by Gasteiger charge is 2.31. The van der Waals surface area contributed by atoms with E-state index in [4.69, 9.17) is 10.5 Å². The van der Waals surface area contributed by atoms with Crippen LogP contribution < -0.4 is 15.4 Å². The SMILES string of the molecule is CC(C)[C@H](NS(=O)(=O)c1ccccc1F)C(=O)OCC(=O)N(CCC(N)=O)c1ccccc1. The molecule has 0 bridgehead atoms. The summed E-state index contributed by atoms with van der Waals surface area (Å²) < 4.78 is 46.3. The number of nitrogens with two attached hydrogens (primary N) is 1. The summed E-state index contributed by atoms with van der Waals surface area (Å²) >= 11 is 0. The number of nitrogens with one attached hydrogen (secondary N) is 1. The number of primary amides is 1. The van der Waals surface area contributed by atoms with Gasteiger partial charge < -0.3 is 15.4 Å². The zero-order valence-electron chi connectivity index (χ0n) is 18.2. The molecule has 3 N–H and O–H groups in total. The number of anilines is 1. The quantitative estimate of drug-likeness (QED) is 0.470. The van der Waals surface area contributed by atoms with Crippen molar-refractivity contribution in [2.75, 3.05) is 18.1 Å². The Morgan fingerprint density at radius 2 is 1.67 bits per heavy atom. The molecule has 0 spiro atoms. The van der Waals surface area contributed by atoms with Crippen molar-refractivity contribution in [1.82, 2.24) is 4.72 Å². The molecule has 0 unspecified atom stereocenters. The van der Waals surface area contributed by atoms with Crippen molar-refractivity contribution in [2.24, 2.45) is 11.7 Å². The van der Waals surface area contributed by atoms with Gasteiger partial charge in [-0.1, -0.05) is 44.2 Å². The minimum atomic E-state index is -4.37. The highest BCUT2D eigenvalue weighted by Crippen LogP contribution is 2.17. The van der Waals surface area contributed by atoms with Gasteiger partial charge in [0.05, 0.1) is 0 Å². The minimum Gasteiger partial charge on any atom is -0.454 e. The molecular formula is C22H26FN3O6S.